The van der Waals surface area contributed by atoms with E-state index in [0.717, 1.165) is 25.0 Å². The van der Waals surface area contributed by atoms with Gasteiger partial charge in [-0.3, -0.25) is 0 Å². The van der Waals surface area contributed by atoms with Gasteiger partial charge in [-0.05, 0) is 49.7 Å². The second-order valence-electron chi connectivity index (χ2n) is 5.11. The van der Waals surface area contributed by atoms with Crippen LogP contribution < -0.4 is 15.4 Å². The van der Waals surface area contributed by atoms with Crippen molar-refractivity contribution < 1.29 is 13.9 Å². The van der Waals surface area contributed by atoms with Gasteiger partial charge in [-0.25, -0.2) is 4.39 Å². The van der Waals surface area contributed by atoms with Crippen molar-refractivity contribution >= 4 is 17.3 Å². The first-order valence-corrected chi connectivity index (χ1v) is 7.50. The van der Waals surface area contributed by atoms with Gasteiger partial charge in [0.1, 0.15) is 0 Å². The first-order valence-electron chi connectivity index (χ1n) is 7.09. The molecule has 2 N–H and O–H groups in total. The summed E-state index contributed by atoms with van der Waals surface area (Å²) < 4.78 is 24.1. The maximum Gasteiger partial charge on any atom is 0.166 e. The molecule has 2 rings (SSSR count). The van der Waals surface area contributed by atoms with Gasteiger partial charge in [-0.15, -0.1) is 0 Å². The van der Waals surface area contributed by atoms with E-state index in [1.807, 2.05) is 13.0 Å². The van der Waals surface area contributed by atoms with Crippen molar-refractivity contribution in [1.82, 2.24) is 10.6 Å². The van der Waals surface area contributed by atoms with Crippen LogP contribution in [0.4, 0.5) is 4.39 Å². The fraction of sp³-hybridized carbons (Fsp3) is 0.533. The van der Waals surface area contributed by atoms with Crippen molar-refractivity contribution in [3.8, 4) is 5.75 Å². The summed E-state index contributed by atoms with van der Waals surface area (Å²) in [6.45, 7) is 3.46. The first-order chi connectivity index (χ1) is 10.1. The zero-order valence-corrected chi connectivity index (χ0v) is 13.1. The lowest BCUT2D eigenvalue weighted by atomic mass is 10.1. The van der Waals surface area contributed by atoms with Gasteiger partial charge in [0.15, 0.2) is 16.7 Å². The Kier molecular flexibility index (Phi) is 5.76. The van der Waals surface area contributed by atoms with E-state index in [0.29, 0.717) is 11.7 Å². The SMILES string of the molecule is COc1ccc([C@@H](C)NC(=S)NC[C@@H]2CCCO2)cc1F. The van der Waals surface area contributed by atoms with E-state index in [-0.39, 0.29) is 23.7 Å². The molecule has 0 spiro atoms. The lowest BCUT2D eigenvalue weighted by Crippen LogP contribution is -2.40. The Labute approximate surface area is 130 Å². The van der Waals surface area contributed by atoms with Gasteiger partial charge in [0.25, 0.3) is 0 Å². The van der Waals surface area contributed by atoms with Crippen molar-refractivity contribution in [3.63, 3.8) is 0 Å². The molecule has 21 heavy (non-hydrogen) atoms. The average Bonchev–Trinajstić information content (AvgIpc) is 2.98. The summed E-state index contributed by atoms with van der Waals surface area (Å²) in [4.78, 5) is 0. The Morgan fingerprint density at radius 2 is 2.38 bits per heavy atom. The van der Waals surface area contributed by atoms with Crippen LogP contribution in [0.2, 0.25) is 0 Å². The Morgan fingerprint density at radius 1 is 1.57 bits per heavy atom. The van der Waals surface area contributed by atoms with E-state index in [1.165, 1.54) is 13.2 Å². The van der Waals surface area contributed by atoms with Gasteiger partial charge >= 0.3 is 0 Å². The fourth-order valence-electron chi connectivity index (χ4n) is 2.29. The molecule has 1 saturated heterocycles. The monoisotopic (exact) mass is 312 g/mol. The van der Waals surface area contributed by atoms with E-state index < -0.39 is 0 Å². The molecule has 0 radical (unpaired) electrons. The summed E-state index contributed by atoms with van der Waals surface area (Å²) in [5.74, 6) is -0.132. The number of hydrogen-bond donors (Lipinski definition) is 2. The molecule has 1 fully saturated rings. The molecular formula is C15H21FN2O2S. The third-order valence-electron chi connectivity index (χ3n) is 3.54. The predicted octanol–water partition coefficient (Wildman–Crippen LogP) is 2.54. The van der Waals surface area contributed by atoms with Crippen LogP contribution in [0.5, 0.6) is 5.75 Å². The molecule has 0 bridgehead atoms. The summed E-state index contributed by atoms with van der Waals surface area (Å²) >= 11 is 5.25. The van der Waals surface area contributed by atoms with E-state index in [1.54, 1.807) is 6.07 Å². The molecule has 0 aromatic heterocycles. The summed E-state index contributed by atoms with van der Waals surface area (Å²) in [6.07, 6.45) is 2.40. The lowest BCUT2D eigenvalue weighted by molar-refractivity contribution is 0.114. The quantitative estimate of drug-likeness (QED) is 0.818. The minimum atomic E-state index is -0.373. The summed E-state index contributed by atoms with van der Waals surface area (Å²) in [7, 11) is 1.45. The third-order valence-corrected chi connectivity index (χ3v) is 3.80. The minimum absolute atomic E-state index is 0.0881. The number of halogens is 1. The molecule has 1 aliphatic rings. The van der Waals surface area contributed by atoms with Crippen LogP contribution in [-0.2, 0) is 4.74 Å². The Hall–Kier alpha value is -1.40. The van der Waals surface area contributed by atoms with E-state index in [2.05, 4.69) is 10.6 Å². The van der Waals surface area contributed by atoms with E-state index in [9.17, 15) is 4.39 Å². The van der Waals surface area contributed by atoms with Crippen LogP contribution in [-0.4, -0.2) is 31.5 Å². The molecule has 1 aliphatic heterocycles. The third kappa shape index (κ3) is 4.54. The number of nitrogens with one attached hydrogen (secondary N) is 2. The van der Waals surface area contributed by atoms with Crippen LogP contribution in [0.15, 0.2) is 18.2 Å². The predicted molar refractivity (Wildman–Crippen MR) is 84.1 cm³/mol. The zero-order chi connectivity index (χ0) is 15.2. The number of benzene rings is 1. The molecule has 0 unspecified atom stereocenters. The first kappa shape index (κ1) is 16.0. The molecule has 0 amide bonds. The highest BCUT2D eigenvalue weighted by Crippen LogP contribution is 2.21. The highest BCUT2D eigenvalue weighted by molar-refractivity contribution is 7.80. The van der Waals surface area contributed by atoms with Crippen molar-refractivity contribution in [2.75, 3.05) is 20.3 Å². The highest BCUT2D eigenvalue weighted by Gasteiger charge is 2.16. The smallest absolute Gasteiger partial charge is 0.166 e. The van der Waals surface area contributed by atoms with Crippen LogP contribution in [0.25, 0.3) is 0 Å². The number of ether oxygens (including phenoxy) is 2. The van der Waals surface area contributed by atoms with Crippen molar-refractivity contribution in [2.45, 2.75) is 31.9 Å². The maximum atomic E-state index is 13.7. The van der Waals surface area contributed by atoms with Gasteiger partial charge in [0.2, 0.25) is 0 Å². The van der Waals surface area contributed by atoms with Crippen LogP contribution >= 0.6 is 12.2 Å². The van der Waals surface area contributed by atoms with Gasteiger partial charge in [-0.1, -0.05) is 6.07 Å². The molecular weight excluding hydrogens is 291 g/mol. The molecule has 2 atom stereocenters. The van der Waals surface area contributed by atoms with Crippen LogP contribution in [0.1, 0.15) is 31.4 Å². The van der Waals surface area contributed by atoms with Crippen molar-refractivity contribution in [1.29, 1.82) is 0 Å². The van der Waals surface area contributed by atoms with Gasteiger partial charge in [0.05, 0.1) is 19.3 Å². The molecule has 1 aromatic carbocycles. The molecule has 1 aromatic rings. The van der Waals surface area contributed by atoms with Gasteiger partial charge < -0.3 is 20.1 Å². The summed E-state index contributed by atoms with van der Waals surface area (Å²) in [5, 5.41) is 6.83. The Morgan fingerprint density at radius 3 is 3.00 bits per heavy atom. The molecule has 6 heteroatoms. The number of thiocarbonyl (C=S) groups is 1. The minimum Gasteiger partial charge on any atom is -0.494 e. The molecule has 0 aliphatic carbocycles. The second-order valence-corrected chi connectivity index (χ2v) is 5.51. The average molecular weight is 312 g/mol. The topological polar surface area (TPSA) is 42.5 Å². The molecule has 4 nitrogen and oxygen atoms in total. The van der Waals surface area contributed by atoms with Crippen molar-refractivity contribution in [3.05, 3.63) is 29.6 Å². The number of hydrogen-bond acceptors (Lipinski definition) is 3. The molecule has 116 valence electrons. The number of rotatable bonds is 5. The lowest BCUT2D eigenvalue weighted by Gasteiger charge is -2.19. The zero-order valence-electron chi connectivity index (χ0n) is 12.3. The molecule has 1 heterocycles. The normalized spacial score (nSPS) is 19.1. The van der Waals surface area contributed by atoms with Crippen LogP contribution in [0, 0.1) is 5.82 Å². The van der Waals surface area contributed by atoms with Gasteiger partial charge in [0, 0.05) is 13.2 Å². The van der Waals surface area contributed by atoms with Crippen molar-refractivity contribution in [2.24, 2.45) is 0 Å². The highest BCUT2D eigenvalue weighted by atomic mass is 32.1. The largest absolute Gasteiger partial charge is 0.494 e. The Bertz CT molecular complexity index is 493. The van der Waals surface area contributed by atoms with E-state index in [4.69, 9.17) is 21.7 Å². The molecule has 0 saturated carbocycles. The Balaban J connectivity index is 1.83. The van der Waals surface area contributed by atoms with E-state index >= 15 is 0 Å². The number of methoxy groups -OCH3 is 1. The maximum absolute atomic E-state index is 13.7. The second kappa shape index (κ2) is 7.56. The van der Waals surface area contributed by atoms with Crippen LogP contribution in [0.3, 0.4) is 0 Å². The summed E-state index contributed by atoms with van der Waals surface area (Å²) in [5.41, 5.74) is 0.814. The van der Waals surface area contributed by atoms with Gasteiger partial charge in [-0.2, -0.15) is 0 Å². The standard InChI is InChI=1S/C15H21FN2O2S/c1-10(11-5-6-14(19-2)13(16)8-11)18-15(21)17-9-12-4-3-7-20-12/h5-6,8,10,12H,3-4,7,9H2,1-2H3,(H2,17,18,21)/t10-,12+/m1/s1. The fourth-order valence-corrected chi connectivity index (χ4v) is 2.55. The summed E-state index contributed by atoms with van der Waals surface area (Å²) in [6, 6.07) is 4.81.